The monoisotopic (exact) mass is 356 g/mol. The lowest BCUT2D eigenvalue weighted by Gasteiger charge is -2.41. The van der Waals surface area contributed by atoms with Gasteiger partial charge in [0.25, 0.3) is 0 Å². The van der Waals surface area contributed by atoms with E-state index in [0.29, 0.717) is 0 Å². The molecule has 2 aromatic heterocycles. The Hall–Kier alpha value is -1.20. The summed E-state index contributed by atoms with van der Waals surface area (Å²) in [5.74, 6) is 2.15. The van der Waals surface area contributed by atoms with Gasteiger partial charge in [0.2, 0.25) is 0 Å². The third kappa shape index (κ3) is 2.85. The van der Waals surface area contributed by atoms with Gasteiger partial charge < -0.3 is 4.90 Å². The average molecular weight is 357 g/mol. The third-order valence-corrected chi connectivity index (χ3v) is 7.55. The number of aromatic nitrogens is 2. The fourth-order valence-electron chi connectivity index (χ4n) is 5.05. The topological polar surface area (TPSA) is 32.3 Å². The highest BCUT2D eigenvalue weighted by Gasteiger charge is 2.29. The van der Waals surface area contributed by atoms with Crippen LogP contribution in [0, 0.1) is 6.92 Å². The van der Waals surface area contributed by atoms with Crippen molar-refractivity contribution in [3.63, 3.8) is 0 Å². The number of hydrogen-bond acceptors (Lipinski definition) is 5. The molecule has 0 unspecified atom stereocenters. The van der Waals surface area contributed by atoms with E-state index in [1.165, 1.54) is 80.5 Å². The fourth-order valence-corrected chi connectivity index (χ4v) is 6.36. The van der Waals surface area contributed by atoms with Crippen molar-refractivity contribution >= 4 is 27.4 Å². The zero-order valence-electron chi connectivity index (χ0n) is 15.3. The predicted molar refractivity (Wildman–Crippen MR) is 105 cm³/mol. The summed E-state index contributed by atoms with van der Waals surface area (Å²) in [5, 5.41) is 1.38. The number of hydrogen-bond donors (Lipinski definition) is 0. The van der Waals surface area contributed by atoms with E-state index in [-0.39, 0.29) is 0 Å². The minimum Gasteiger partial charge on any atom is -0.353 e. The summed E-state index contributed by atoms with van der Waals surface area (Å²) in [6.07, 6.45) is 10.9. The Morgan fingerprint density at radius 2 is 1.72 bits per heavy atom. The molecule has 25 heavy (non-hydrogen) atoms. The first-order chi connectivity index (χ1) is 12.3. The van der Waals surface area contributed by atoms with Crippen molar-refractivity contribution in [1.29, 1.82) is 0 Å². The van der Waals surface area contributed by atoms with Crippen molar-refractivity contribution in [2.45, 2.75) is 64.3 Å². The molecule has 2 fully saturated rings. The van der Waals surface area contributed by atoms with E-state index in [1.54, 1.807) is 10.4 Å². The molecule has 3 aliphatic rings. The Labute approximate surface area is 154 Å². The number of nitrogens with zero attached hydrogens (tertiary/aromatic N) is 4. The lowest BCUT2D eigenvalue weighted by Crippen LogP contribution is -2.51. The molecule has 3 heterocycles. The van der Waals surface area contributed by atoms with Crippen LogP contribution in [0.2, 0.25) is 0 Å². The van der Waals surface area contributed by atoms with Gasteiger partial charge in [-0.2, -0.15) is 0 Å². The zero-order valence-corrected chi connectivity index (χ0v) is 16.1. The van der Waals surface area contributed by atoms with Gasteiger partial charge in [-0.25, -0.2) is 9.97 Å². The lowest BCUT2D eigenvalue weighted by molar-refractivity contribution is 0.148. The van der Waals surface area contributed by atoms with Crippen molar-refractivity contribution in [2.75, 3.05) is 31.1 Å². The fraction of sp³-hybridized carbons (Fsp3) is 0.700. The van der Waals surface area contributed by atoms with Gasteiger partial charge in [0.05, 0.1) is 5.39 Å². The molecule has 2 aromatic rings. The molecule has 5 rings (SSSR count). The van der Waals surface area contributed by atoms with Crippen LogP contribution in [0.4, 0.5) is 5.82 Å². The number of fused-ring (bicyclic) bond motifs is 3. The van der Waals surface area contributed by atoms with Crippen LogP contribution >= 0.6 is 11.3 Å². The van der Waals surface area contributed by atoms with E-state index in [0.717, 1.165) is 25.0 Å². The van der Waals surface area contributed by atoms with Crippen LogP contribution in [0.5, 0.6) is 0 Å². The van der Waals surface area contributed by atoms with Crippen LogP contribution in [-0.4, -0.2) is 47.1 Å². The van der Waals surface area contributed by atoms with Gasteiger partial charge in [0.1, 0.15) is 16.5 Å². The standard InChI is InChI=1S/C20H28N4S/c1-14-21-19(18-16-8-5-9-17(16)25-20(18)22-14)24-12-10-23(11-13-24)15-6-3-2-4-7-15/h15H,2-13H2,1H3. The molecule has 4 nitrogen and oxygen atoms in total. The summed E-state index contributed by atoms with van der Waals surface area (Å²) in [4.78, 5) is 17.8. The molecule has 1 saturated heterocycles. The van der Waals surface area contributed by atoms with Crippen LogP contribution < -0.4 is 4.90 Å². The summed E-state index contributed by atoms with van der Waals surface area (Å²) in [6.45, 7) is 6.68. The molecule has 0 N–H and O–H groups in total. The van der Waals surface area contributed by atoms with Crippen molar-refractivity contribution in [3.05, 3.63) is 16.3 Å². The van der Waals surface area contributed by atoms with Gasteiger partial charge in [0.15, 0.2) is 0 Å². The predicted octanol–water partition coefficient (Wildman–Crippen LogP) is 3.94. The number of thiophene rings is 1. The first kappa shape index (κ1) is 16.0. The average Bonchev–Trinajstić information content (AvgIpc) is 3.22. The Morgan fingerprint density at radius 1 is 0.920 bits per heavy atom. The Bertz CT molecular complexity index is 770. The van der Waals surface area contributed by atoms with Crippen molar-refractivity contribution < 1.29 is 0 Å². The first-order valence-corrected chi connectivity index (χ1v) is 10.9. The second-order valence-electron chi connectivity index (χ2n) is 7.95. The van der Waals surface area contributed by atoms with Gasteiger partial charge in [-0.3, -0.25) is 4.90 Å². The molecule has 1 saturated carbocycles. The maximum atomic E-state index is 4.92. The number of aryl methyl sites for hydroxylation is 3. The molecular weight excluding hydrogens is 328 g/mol. The highest BCUT2D eigenvalue weighted by Crippen LogP contribution is 2.40. The number of rotatable bonds is 2. The van der Waals surface area contributed by atoms with E-state index in [2.05, 4.69) is 9.80 Å². The van der Waals surface area contributed by atoms with Crippen LogP contribution in [-0.2, 0) is 12.8 Å². The van der Waals surface area contributed by atoms with E-state index >= 15 is 0 Å². The van der Waals surface area contributed by atoms with Gasteiger partial charge in [-0.1, -0.05) is 19.3 Å². The Morgan fingerprint density at radius 3 is 2.52 bits per heavy atom. The van der Waals surface area contributed by atoms with E-state index in [4.69, 9.17) is 9.97 Å². The third-order valence-electron chi connectivity index (χ3n) is 6.36. The maximum Gasteiger partial charge on any atom is 0.141 e. The minimum atomic E-state index is 0.841. The normalized spacial score (nSPS) is 22.7. The largest absolute Gasteiger partial charge is 0.353 e. The Balaban J connectivity index is 1.40. The number of piperazine rings is 1. The zero-order chi connectivity index (χ0) is 16.8. The van der Waals surface area contributed by atoms with E-state index in [1.807, 2.05) is 18.3 Å². The molecule has 1 aliphatic heterocycles. The van der Waals surface area contributed by atoms with Gasteiger partial charge in [0, 0.05) is 37.1 Å². The van der Waals surface area contributed by atoms with Crippen LogP contribution in [0.1, 0.15) is 54.8 Å². The van der Waals surface area contributed by atoms with Crippen LogP contribution in [0.25, 0.3) is 10.2 Å². The van der Waals surface area contributed by atoms with Crippen molar-refractivity contribution in [3.8, 4) is 0 Å². The maximum absolute atomic E-state index is 4.92. The molecule has 2 aliphatic carbocycles. The quantitative estimate of drug-likeness (QED) is 0.816. The first-order valence-electron chi connectivity index (χ1n) is 10.1. The molecule has 0 bridgehead atoms. The smallest absolute Gasteiger partial charge is 0.141 e. The Kier molecular flexibility index (Phi) is 4.17. The van der Waals surface area contributed by atoms with E-state index < -0.39 is 0 Å². The minimum absolute atomic E-state index is 0.841. The highest BCUT2D eigenvalue weighted by molar-refractivity contribution is 7.19. The second-order valence-corrected chi connectivity index (χ2v) is 9.03. The summed E-state index contributed by atoms with van der Waals surface area (Å²) in [5.41, 5.74) is 1.56. The van der Waals surface area contributed by atoms with Gasteiger partial charge >= 0.3 is 0 Å². The molecule has 5 heteroatoms. The molecule has 0 radical (unpaired) electrons. The molecular formula is C20H28N4S. The molecule has 0 atom stereocenters. The highest BCUT2D eigenvalue weighted by atomic mass is 32.1. The second kappa shape index (κ2) is 6.51. The summed E-state index contributed by atoms with van der Waals surface area (Å²) in [6, 6.07) is 0.841. The summed E-state index contributed by atoms with van der Waals surface area (Å²) < 4.78 is 0. The number of anilines is 1. The molecule has 0 amide bonds. The summed E-state index contributed by atoms with van der Waals surface area (Å²) >= 11 is 1.91. The molecule has 0 aromatic carbocycles. The lowest BCUT2D eigenvalue weighted by atomic mass is 9.94. The van der Waals surface area contributed by atoms with E-state index in [9.17, 15) is 0 Å². The molecule has 134 valence electrons. The van der Waals surface area contributed by atoms with Gasteiger partial charge in [-0.05, 0) is 44.6 Å². The van der Waals surface area contributed by atoms with Gasteiger partial charge in [-0.15, -0.1) is 11.3 Å². The summed E-state index contributed by atoms with van der Waals surface area (Å²) in [7, 11) is 0. The SMILES string of the molecule is Cc1nc(N2CCN(C3CCCCC3)CC2)c2c3c(sc2n1)CCC3. The van der Waals surface area contributed by atoms with Crippen molar-refractivity contribution in [1.82, 2.24) is 14.9 Å². The van der Waals surface area contributed by atoms with Crippen molar-refractivity contribution in [2.24, 2.45) is 0 Å². The van der Waals surface area contributed by atoms with Crippen LogP contribution in [0.3, 0.4) is 0 Å². The molecule has 0 spiro atoms. The van der Waals surface area contributed by atoms with Crippen LogP contribution in [0.15, 0.2) is 0 Å².